The van der Waals surface area contributed by atoms with Crippen LogP contribution in [0.15, 0.2) is 53.5 Å². The van der Waals surface area contributed by atoms with Gasteiger partial charge in [-0.05, 0) is 28.7 Å². The molecule has 4 heteroatoms. The third kappa shape index (κ3) is 2.39. The van der Waals surface area contributed by atoms with E-state index in [4.69, 9.17) is 0 Å². The number of aliphatic imine (C=N–C) groups is 1. The molecule has 2 heterocycles. The van der Waals surface area contributed by atoms with Gasteiger partial charge < -0.3 is 9.80 Å². The average molecular weight is 319 g/mol. The van der Waals surface area contributed by atoms with Crippen LogP contribution in [-0.4, -0.2) is 18.4 Å². The van der Waals surface area contributed by atoms with Crippen LogP contribution in [0.5, 0.6) is 0 Å². The molecule has 0 spiro atoms. The van der Waals surface area contributed by atoms with Gasteiger partial charge >= 0.3 is 0 Å². The van der Waals surface area contributed by atoms with E-state index in [1.54, 1.807) is 0 Å². The smallest absolute Gasteiger partial charge is 0.268 e. The molecular weight excluding hydrogens is 298 g/mol. The summed E-state index contributed by atoms with van der Waals surface area (Å²) >= 11 is 0. The first kappa shape index (κ1) is 14.9. The quantitative estimate of drug-likeness (QED) is 0.846. The van der Waals surface area contributed by atoms with Gasteiger partial charge in [0.1, 0.15) is 6.54 Å². The van der Waals surface area contributed by atoms with Gasteiger partial charge in [-0.3, -0.25) is 4.79 Å². The van der Waals surface area contributed by atoms with Gasteiger partial charge in [0.05, 0.1) is 17.9 Å². The molecule has 0 saturated heterocycles. The second-order valence-corrected chi connectivity index (χ2v) is 7.41. The Bertz CT molecular complexity index is 831. The standard InChI is InChI=1S/C20H21N3O/c1-20(2,3)15-10-8-14(9-11-15)12-22-16-6-4-5-7-17(16)23-13-18(24)21-19(22)23/h4-11H,12-13H2,1-3H3. The fourth-order valence-corrected chi connectivity index (χ4v) is 3.29. The molecule has 2 aromatic carbocycles. The largest absolute Gasteiger partial charge is 0.305 e. The van der Waals surface area contributed by atoms with Crippen LogP contribution in [-0.2, 0) is 16.8 Å². The van der Waals surface area contributed by atoms with Gasteiger partial charge in [0.25, 0.3) is 5.91 Å². The van der Waals surface area contributed by atoms with Gasteiger partial charge in [0.15, 0.2) is 0 Å². The van der Waals surface area contributed by atoms with E-state index in [9.17, 15) is 4.79 Å². The van der Waals surface area contributed by atoms with E-state index in [1.807, 2.05) is 23.1 Å². The number of carbonyl (C=O) groups excluding carboxylic acids is 1. The minimum Gasteiger partial charge on any atom is -0.305 e. The van der Waals surface area contributed by atoms with Gasteiger partial charge in [0.2, 0.25) is 5.96 Å². The van der Waals surface area contributed by atoms with Crippen molar-refractivity contribution >= 4 is 23.2 Å². The predicted molar refractivity (Wildman–Crippen MR) is 97.6 cm³/mol. The highest BCUT2D eigenvalue weighted by atomic mass is 16.2. The molecule has 0 aliphatic carbocycles. The van der Waals surface area contributed by atoms with Crippen molar-refractivity contribution in [2.24, 2.45) is 4.99 Å². The molecule has 2 aliphatic heterocycles. The zero-order valence-corrected chi connectivity index (χ0v) is 14.3. The molecule has 0 bridgehead atoms. The number of nitrogens with zero attached hydrogens (tertiary/aromatic N) is 3. The molecule has 0 N–H and O–H groups in total. The van der Waals surface area contributed by atoms with Crippen LogP contribution >= 0.6 is 0 Å². The van der Waals surface area contributed by atoms with Gasteiger partial charge in [-0.2, -0.15) is 4.99 Å². The van der Waals surface area contributed by atoms with Crippen molar-refractivity contribution in [3.8, 4) is 0 Å². The van der Waals surface area contributed by atoms with Crippen molar-refractivity contribution in [1.29, 1.82) is 0 Å². The summed E-state index contributed by atoms with van der Waals surface area (Å²) in [5.41, 5.74) is 4.86. The Morgan fingerprint density at radius 1 is 1.00 bits per heavy atom. The number of hydrogen-bond acceptors (Lipinski definition) is 3. The molecule has 0 atom stereocenters. The number of rotatable bonds is 2. The van der Waals surface area contributed by atoms with E-state index in [2.05, 4.69) is 61.0 Å². The fourth-order valence-electron chi connectivity index (χ4n) is 3.29. The zero-order chi connectivity index (χ0) is 16.9. The first-order valence-electron chi connectivity index (χ1n) is 8.28. The maximum atomic E-state index is 11.8. The molecule has 0 saturated carbocycles. The Hall–Kier alpha value is -2.62. The summed E-state index contributed by atoms with van der Waals surface area (Å²) in [6.45, 7) is 7.70. The van der Waals surface area contributed by atoms with E-state index < -0.39 is 0 Å². The monoisotopic (exact) mass is 319 g/mol. The number of benzene rings is 2. The lowest BCUT2D eigenvalue weighted by Crippen LogP contribution is -2.35. The van der Waals surface area contributed by atoms with Crippen LogP contribution < -0.4 is 9.80 Å². The first-order chi connectivity index (χ1) is 11.4. The lowest BCUT2D eigenvalue weighted by atomic mass is 9.87. The van der Waals surface area contributed by atoms with Crippen LogP contribution in [0.2, 0.25) is 0 Å². The van der Waals surface area contributed by atoms with Crippen molar-refractivity contribution in [1.82, 2.24) is 0 Å². The minimum atomic E-state index is -0.0763. The Morgan fingerprint density at radius 3 is 2.33 bits per heavy atom. The summed E-state index contributed by atoms with van der Waals surface area (Å²) in [6, 6.07) is 16.9. The fraction of sp³-hybridized carbons (Fsp3) is 0.300. The number of guanidine groups is 1. The average Bonchev–Trinajstić information content (AvgIpc) is 3.05. The maximum Gasteiger partial charge on any atom is 0.268 e. The number of hydrogen-bond donors (Lipinski definition) is 0. The van der Waals surface area contributed by atoms with Crippen molar-refractivity contribution < 1.29 is 4.79 Å². The van der Waals surface area contributed by atoms with Crippen molar-refractivity contribution in [3.05, 3.63) is 59.7 Å². The van der Waals surface area contributed by atoms with Gasteiger partial charge in [-0.1, -0.05) is 57.2 Å². The first-order valence-corrected chi connectivity index (χ1v) is 8.28. The number of fused-ring (bicyclic) bond motifs is 3. The molecule has 122 valence electrons. The second kappa shape index (κ2) is 5.20. The number of para-hydroxylation sites is 2. The Morgan fingerprint density at radius 2 is 1.67 bits per heavy atom. The third-order valence-corrected chi connectivity index (χ3v) is 4.62. The normalized spacial score (nSPS) is 16.3. The van der Waals surface area contributed by atoms with Crippen LogP contribution in [0.3, 0.4) is 0 Å². The van der Waals surface area contributed by atoms with E-state index in [1.165, 1.54) is 11.1 Å². The maximum absolute atomic E-state index is 11.8. The van der Waals surface area contributed by atoms with E-state index in [-0.39, 0.29) is 11.3 Å². The van der Waals surface area contributed by atoms with Crippen molar-refractivity contribution in [3.63, 3.8) is 0 Å². The highest BCUT2D eigenvalue weighted by Gasteiger charge is 2.38. The Labute approximate surface area is 142 Å². The molecule has 2 aromatic rings. The van der Waals surface area contributed by atoms with E-state index in [0.717, 1.165) is 17.3 Å². The van der Waals surface area contributed by atoms with Crippen LogP contribution in [0.25, 0.3) is 0 Å². The molecule has 4 nitrogen and oxygen atoms in total. The van der Waals surface area contributed by atoms with Gasteiger partial charge in [-0.25, -0.2) is 0 Å². The van der Waals surface area contributed by atoms with Gasteiger partial charge in [-0.15, -0.1) is 0 Å². The second-order valence-electron chi connectivity index (χ2n) is 7.41. The lowest BCUT2D eigenvalue weighted by molar-refractivity contribution is -0.115. The molecule has 0 aromatic heterocycles. The van der Waals surface area contributed by atoms with Crippen LogP contribution in [0, 0.1) is 0 Å². The number of amides is 1. The molecule has 1 amide bonds. The molecule has 0 unspecified atom stereocenters. The molecule has 2 aliphatic rings. The van der Waals surface area contributed by atoms with E-state index >= 15 is 0 Å². The third-order valence-electron chi connectivity index (χ3n) is 4.62. The molecular formula is C20H21N3O. The topological polar surface area (TPSA) is 35.9 Å². The lowest BCUT2D eigenvalue weighted by Gasteiger charge is -2.21. The highest BCUT2D eigenvalue weighted by Crippen LogP contribution is 2.39. The minimum absolute atomic E-state index is 0.0763. The summed E-state index contributed by atoms with van der Waals surface area (Å²) in [5.74, 6) is 0.675. The summed E-state index contributed by atoms with van der Waals surface area (Å²) in [7, 11) is 0. The molecule has 4 rings (SSSR count). The molecule has 0 radical (unpaired) electrons. The predicted octanol–water partition coefficient (Wildman–Crippen LogP) is 3.71. The zero-order valence-electron chi connectivity index (χ0n) is 14.3. The summed E-state index contributed by atoms with van der Waals surface area (Å²) in [5, 5.41) is 0. The molecule has 24 heavy (non-hydrogen) atoms. The highest BCUT2D eigenvalue weighted by molar-refractivity contribution is 6.24. The van der Waals surface area contributed by atoms with Gasteiger partial charge in [0, 0.05) is 0 Å². The molecule has 0 fully saturated rings. The number of anilines is 2. The van der Waals surface area contributed by atoms with Crippen LogP contribution in [0.4, 0.5) is 11.4 Å². The van der Waals surface area contributed by atoms with Crippen molar-refractivity contribution in [2.45, 2.75) is 32.7 Å². The van der Waals surface area contributed by atoms with Crippen LogP contribution in [0.1, 0.15) is 31.9 Å². The number of carbonyl (C=O) groups is 1. The summed E-state index contributed by atoms with van der Waals surface area (Å²) < 4.78 is 0. The van der Waals surface area contributed by atoms with Crippen molar-refractivity contribution in [2.75, 3.05) is 16.3 Å². The Balaban J connectivity index is 1.66. The Kier molecular flexibility index (Phi) is 3.23. The summed E-state index contributed by atoms with van der Waals surface area (Å²) in [4.78, 5) is 20.1. The van der Waals surface area contributed by atoms with E-state index in [0.29, 0.717) is 13.1 Å². The summed E-state index contributed by atoms with van der Waals surface area (Å²) in [6.07, 6.45) is 0. The SMILES string of the molecule is CC(C)(C)c1ccc(CN2C3=NC(=O)CN3c3ccccc32)cc1.